The molecule has 4 heteroatoms. The van der Waals surface area contributed by atoms with Crippen LogP contribution < -0.4 is 5.73 Å². The lowest BCUT2D eigenvalue weighted by Crippen LogP contribution is -2.04. The summed E-state index contributed by atoms with van der Waals surface area (Å²) < 4.78 is 3.11. The Labute approximate surface area is 110 Å². The molecule has 1 aromatic heterocycles. The molecule has 0 saturated carbocycles. The number of hydrogen-bond acceptors (Lipinski definition) is 2. The molecule has 0 unspecified atom stereocenters. The van der Waals surface area contributed by atoms with Gasteiger partial charge in [-0.3, -0.25) is 0 Å². The van der Waals surface area contributed by atoms with Gasteiger partial charge >= 0.3 is 0 Å². The molecule has 0 bridgehead atoms. The van der Waals surface area contributed by atoms with Crippen LogP contribution in [0.5, 0.6) is 0 Å². The van der Waals surface area contributed by atoms with E-state index in [0.717, 1.165) is 40.3 Å². The molecule has 0 radical (unpaired) electrons. The van der Waals surface area contributed by atoms with Crippen molar-refractivity contribution in [2.75, 3.05) is 5.73 Å². The summed E-state index contributed by atoms with van der Waals surface area (Å²) in [5.74, 6) is 1.79. The Balaban J connectivity index is 2.56. The highest BCUT2D eigenvalue weighted by atomic mass is 79.9. The number of aromatic nitrogens is 2. The van der Waals surface area contributed by atoms with Gasteiger partial charge in [-0.25, -0.2) is 4.98 Å². The quantitative estimate of drug-likeness (QED) is 0.942. The Bertz CT molecular complexity index is 531. The Morgan fingerprint density at radius 2 is 2.12 bits per heavy atom. The number of anilines is 1. The van der Waals surface area contributed by atoms with Crippen molar-refractivity contribution >= 4 is 21.7 Å². The minimum Gasteiger partial charge on any atom is -0.383 e. The molecule has 0 amide bonds. The Hall–Kier alpha value is -1.29. The molecule has 0 fully saturated rings. The van der Waals surface area contributed by atoms with Crippen molar-refractivity contribution in [3.63, 3.8) is 0 Å². The molecular formula is C13H16BrN3. The van der Waals surface area contributed by atoms with Crippen LogP contribution in [0.15, 0.2) is 28.7 Å². The van der Waals surface area contributed by atoms with Crippen molar-refractivity contribution < 1.29 is 0 Å². The molecule has 2 aromatic rings. The number of aryl methyl sites for hydroxylation is 1. The zero-order chi connectivity index (χ0) is 12.4. The van der Waals surface area contributed by atoms with Gasteiger partial charge in [0.25, 0.3) is 0 Å². The number of benzene rings is 1. The van der Waals surface area contributed by atoms with Crippen molar-refractivity contribution in [3.8, 4) is 11.3 Å². The maximum atomic E-state index is 6.16. The lowest BCUT2D eigenvalue weighted by Gasteiger charge is -2.04. The summed E-state index contributed by atoms with van der Waals surface area (Å²) in [4.78, 5) is 4.63. The average Bonchev–Trinajstić information content (AvgIpc) is 2.65. The number of nitrogens with zero attached hydrogens (tertiary/aromatic N) is 2. The van der Waals surface area contributed by atoms with Crippen LogP contribution in [0.1, 0.15) is 19.7 Å². The molecule has 0 aliphatic heterocycles. The summed E-state index contributed by atoms with van der Waals surface area (Å²) >= 11 is 3.47. The molecule has 1 aromatic carbocycles. The predicted molar refractivity (Wildman–Crippen MR) is 74.8 cm³/mol. The molecule has 90 valence electrons. The summed E-state index contributed by atoms with van der Waals surface area (Å²) in [5, 5.41) is 0. The Morgan fingerprint density at radius 1 is 1.35 bits per heavy atom. The fourth-order valence-corrected chi connectivity index (χ4v) is 2.38. The summed E-state index contributed by atoms with van der Waals surface area (Å²) in [6.07, 6.45) is 0.895. The summed E-state index contributed by atoms with van der Waals surface area (Å²) in [6.45, 7) is 5.04. The number of nitrogen functional groups attached to an aromatic ring is 1. The number of hydrogen-bond donors (Lipinski definition) is 1. The lowest BCUT2D eigenvalue weighted by molar-refractivity contribution is 0.713. The topological polar surface area (TPSA) is 43.8 Å². The molecule has 0 spiro atoms. The first-order valence-corrected chi connectivity index (χ1v) is 6.57. The summed E-state index contributed by atoms with van der Waals surface area (Å²) in [7, 11) is 0. The van der Waals surface area contributed by atoms with E-state index in [1.54, 1.807) is 0 Å². The summed E-state index contributed by atoms with van der Waals surface area (Å²) in [5.41, 5.74) is 8.09. The lowest BCUT2D eigenvalue weighted by atomic mass is 10.1. The van der Waals surface area contributed by atoms with E-state index in [1.165, 1.54) is 0 Å². The van der Waals surface area contributed by atoms with E-state index in [0.29, 0.717) is 0 Å². The summed E-state index contributed by atoms with van der Waals surface area (Å²) in [6, 6.07) is 8.06. The van der Waals surface area contributed by atoms with Gasteiger partial charge in [0.1, 0.15) is 17.3 Å². The Morgan fingerprint density at radius 3 is 2.65 bits per heavy atom. The molecule has 17 heavy (non-hydrogen) atoms. The minimum absolute atomic E-state index is 0.752. The van der Waals surface area contributed by atoms with Crippen molar-refractivity contribution in [1.29, 1.82) is 0 Å². The number of rotatable bonds is 3. The molecule has 0 aliphatic rings. The normalized spacial score (nSPS) is 10.8. The van der Waals surface area contributed by atoms with E-state index < -0.39 is 0 Å². The van der Waals surface area contributed by atoms with Crippen LogP contribution in [-0.4, -0.2) is 9.55 Å². The van der Waals surface area contributed by atoms with Gasteiger partial charge in [0.15, 0.2) is 0 Å². The average molecular weight is 294 g/mol. The SMILES string of the molecule is CCc1nc(-c2cccc(Br)c2)c(N)n1CC. The molecule has 0 saturated heterocycles. The van der Waals surface area contributed by atoms with Gasteiger partial charge in [-0.1, -0.05) is 35.0 Å². The number of halogens is 1. The third-order valence-electron chi connectivity index (χ3n) is 2.82. The third-order valence-corrected chi connectivity index (χ3v) is 3.31. The van der Waals surface area contributed by atoms with Crippen LogP contribution in [0, 0.1) is 0 Å². The van der Waals surface area contributed by atoms with E-state index in [4.69, 9.17) is 5.73 Å². The van der Waals surface area contributed by atoms with Gasteiger partial charge in [0.05, 0.1) is 0 Å². The van der Waals surface area contributed by atoms with E-state index >= 15 is 0 Å². The first-order valence-electron chi connectivity index (χ1n) is 5.78. The van der Waals surface area contributed by atoms with Crippen LogP contribution >= 0.6 is 15.9 Å². The highest BCUT2D eigenvalue weighted by Crippen LogP contribution is 2.28. The maximum Gasteiger partial charge on any atom is 0.131 e. The Kier molecular flexibility index (Phi) is 3.52. The van der Waals surface area contributed by atoms with Gasteiger partial charge in [0, 0.05) is 23.0 Å². The van der Waals surface area contributed by atoms with Crippen LogP contribution in [-0.2, 0) is 13.0 Å². The third kappa shape index (κ3) is 2.22. The minimum atomic E-state index is 0.752. The van der Waals surface area contributed by atoms with E-state index in [2.05, 4.69) is 39.3 Å². The highest BCUT2D eigenvalue weighted by Gasteiger charge is 2.13. The molecule has 0 atom stereocenters. The van der Waals surface area contributed by atoms with Gasteiger partial charge in [-0.05, 0) is 19.1 Å². The monoisotopic (exact) mass is 293 g/mol. The molecule has 2 N–H and O–H groups in total. The number of nitrogens with two attached hydrogens (primary N) is 1. The van der Waals surface area contributed by atoms with Crippen LogP contribution in [0.3, 0.4) is 0 Å². The molecule has 0 aliphatic carbocycles. The van der Waals surface area contributed by atoms with Gasteiger partial charge in [-0.15, -0.1) is 0 Å². The molecule has 2 rings (SSSR count). The van der Waals surface area contributed by atoms with Crippen LogP contribution in [0.4, 0.5) is 5.82 Å². The first-order chi connectivity index (χ1) is 8.17. The second-order valence-electron chi connectivity index (χ2n) is 3.87. The van der Waals surface area contributed by atoms with Crippen molar-refractivity contribution in [3.05, 3.63) is 34.6 Å². The van der Waals surface area contributed by atoms with E-state index in [1.807, 2.05) is 24.3 Å². The van der Waals surface area contributed by atoms with E-state index in [9.17, 15) is 0 Å². The molecular weight excluding hydrogens is 278 g/mol. The number of imidazole rings is 1. The van der Waals surface area contributed by atoms with Crippen molar-refractivity contribution in [2.45, 2.75) is 26.8 Å². The maximum absolute atomic E-state index is 6.16. The van der Waals surface area contributed by atoms with Gasteiger partial charge < -0.3 is 10.3 Å². The van der Waals surface area contributed by atoms with E-state index in [-0.39, 0.29) is 0 Å². The second-order valence-corrected chi connectivity index (χ2v) is 4.79. The van der Waals surface area contributed by atoms with Crippen LogP contribution in [0.2, 0.25) is 0 Å². The fraction of sp³-hybridized carbons (Fsp3) is 0.308. The molecule has 1 heterocycles. The van der Waals surface area contributed by atoms with Crippen molar-refractivity contribution in [1.82, 2.24) is 9.55 Å². The molecule has 3 nitrogen and oxygen atoms in total. The predicted octanol–water partition coefficient (Wildman–Crippen LogP) is 3.48. The zero-order valence-corrected chi connectivity index (χ0v) is 11.7. The van der Waals surface area contributed by atoms with Crippen LogP contribution in [0.25, 0.3) is 11.3 Å². The zero-order valence-electron chi connectivity index (χ0n) is 10.1. The van der Waals surface area contributed by atoms with Gasteiger partial charge in [-0.2, -0.15) is 0 Å². The smallest absolute Gasteiger partial charge is 0.131 e. The van der Waals surface area contributed by atoms with Gasteiger partial charge in [0.2, 0.25) is 0 Å². The highest BCUT2D eigenvalue weighted by molar-refractivity contribution is 9.10. The van der Waals surface area contributed by atoms with Crippen molar-refractivity contribution in [2.24, 2.45) is 0 Å². The first kappa shape index (κ1) is 12.2. The fourth-order valence-electron chi connectivity index (χ4n) is 1.98. The largest absolute Gasteiger partial charge is 0.383 e. The standard InChI is InChI=1S/C13H16BrN3/c1-3-11-16-12(13(15)17(11)4-2)9-6-5-7-10(14)8-9/h5-8H,3-4,15H2,1-2H3. The second kappa shape index (κ2) is 4.92.